The highest BCUT2D eigenvalue weighted by Gasteiger charge is 2.44. The van der Waals surface area contributed by atoms with Crippen molar-refractivity contribution in [3.8, 4) is 0 Å². The molecule has 0 aliphatic carbocycles. The molecular weight excluding hydrogens is 320 g/mol. The first-order valence-corrected chi connectivity index (χ1v) is 8.76. The number of morpholine rings is 1. The fourth-order valence-corrected chi connectivity index (χ4v) is 3.56. The number of piperidine rings is 1. The average molecular weight is 344 g/mol. The molecule has 2 heterocycles. The molecule has 2 aliphatic rings. The lowest BCUT2D eigenvalue weighted by atomic mass is 9.90. The highest BCUT2D eigenvalue weighted by atomic mass is 16.5. The van der Waals surface area contributed by atoms with Gasteiger partial charge in [0.05, 0.1) is 13.1 Å². The molecule has 2 aliphatic heterocycles. The van der Waals surface area contributed by atoms with Gasteiger partial charge in [-0.2, -0.15) is 0 Å². The second kappa shape index (κ2) is 7.35. The molecule has 1 aromatic rings. The van der Waals surface area contributed by atoms with Crippen molar-refractivity contribution < 1.29 is 19.1 Å². The molecule has 134 valence electrons. The van der Waals surface area contributed by atoms with Gasteiger partial charge in [-0.1, -0.05) is 18.2 Å². The second-order valence-electron chi connectivity index (χ2n) is 6.91. The standard InChI is InChI=1S/C19H24N2O4/c1-15(22)8-9-17(23)20-11-5-10-19(13-20)14-21(18(24)12-25-19)16-6-3-2-4-7-16/h2-4,6-7H,5,8-14H2,1H3. The summed E-state index contributed by atoms with van der Waals surface area (Å²) in [6.45, 7) is 3.14. The minimum absolute atomic E-state index is 0.0129. The van der Waals surface area contributed by atoms with Crippen molar-refractivity contribution in [2.24, 2.45) is 0 Å². The van der Waals surface area contributed by atoms with Gasteiger partial charge in [-0.15, -0.1) is 0 Å². The van der Waals surface area contributed by atoms with E-state index in [4.69, 9.17) is 4.74 Å². The number of carbonyl (C=O) groups is 3. The Labute approximate surface area is 147 Å². The van der Waals surface area contributed by atoms with Crippen LogP contribution in [0.3, 0.4) is 0 Å². The van der Waals surface area contributed by atoms with Crippen molar-refractivity contribution in [1.82, 2.24) is 4.90 Å². The maximum absolute atomic E-state index is 12.4. The molecule has 1 aromatic carbocycles. The van der Waals surface area contributed by atoms with E-state index in [1.165, 1.54) is 6.92 Å². The van der Waals surface area contributed by atoms with E-state index in [0.717, 1.165) is 18.5 Å². The van der Waals surface area contributed by atoms with Crippen LogP contribution in [0.4, 0.5) is 5.69 Å². The average Bonchev–Trinajstić information content (AvgIpc) is 2.63. The van der Waals surface area contributed by atoms with Gasteiger partial charge in [-0.25, -0.2) is 0 Å². The lowest BCUT2D eigenvalue weighted by Crippen LogP contribution is -2.62. The van der Waals surface area contributed by atoms with Crippen LogP contribution in [-0.4, -0.2) is 54.3 Å². The van der Waals surface area contributed by atoms with E-state index < -0.39 is 5.60 Å². The molecule has 2 fully saturated rings. The van der Waals surface area contributed by atoms with Gasteiger partial charge < -0.3 is 19.3 Å². The van der Waals surface area contributed by atoms with Gasteiger partial charge >= 0.3 is 0 Å². The fourth-order valence-electron chi connectivity index (χ4n) is 3.56. The third kappa shape index (κ3) is 4.07. The number of hydrogen-bond acceptors (Lipinski definition) is 4. The first-order chi connectivity index (χ1) is 12.0. The van der Waals surface area contributed by atoms with Crippen molar-refractivity contribution in [2.75, 3.05) is 31.1 Å². The Morgan fingerprint density at radius 3 is 2.64 bits per heavy atom. The van der Waals surface area contributed by atoms with Gasteiger partial charge in [0.1, 0.15) is 18.0 Å². The molecule has 0 saturated carbocycles. The normalized spacial score (nSPS) is 23.8. The Morgan fingerprint density at radius 1 is 1.16 bits per heavy atom. The molecule has 0 bridgehead atoms. The summed E-state index contributed by atoms with van der Waals surface area (Å²) in [6.07, 6.45) is 2.17. The molecule has 0 N–H and O–H groups in total. The zero-order valence-corrected chi connectivity index (χ0v) is 14.6. The maximum Gasteiger partial charge on any atom is 0.253 e. The number of hydrogen-bond donors (Lipinski definition) is 0. The molecule has 1 unspecified atom stereocenters. The maximum atomic E-state index is 12.4. The van der Waals surface area contributed by atoms with Crippen LogP contribution in [0.5, 0.6) is 0 Å². The van der Waals surface area contributed by atoms with Crippen LogP contribution in [0.1, 0.15) is 32.6 Å². The molecule has 0 radical (unpaired) electrons. The number of amides is 2. The van der Waals surface area contributed by atoms with Crippen LogP contribution in [0, 0.1) is 0 Å². The van der Waals surface area contributed by atoms with Crippen LogP contribution < -0.4 is 4.90 Å². The van der Waals surface area contributed by atoms with E-state index in [1.807, 2.05) is 30.3 Å². The smallest absolute Gasteiger partial charge is 0.253 e. The molecule has 0 aromatic heterocycles. The van der Waals surface area contributed by atoms with E-state index in [2.05, 4.69) is 0 Å². The molecule has 6 heteroatoms. The Hall–Kier alpha value is -2.21. The number of ether oxygens (including phenoxy) is 1. The lowest BCUT2D eigenvalue weighted by Gasteiger charge is -2.47. The minimum atomic E-state index is -0.520. The summed E-state index contributed by atoms with van der Waals surface area (Å²) in [6, 6.07) is 9.55. The number of benzene rings is 1. The summed E-state index contributed by atoms with van der Waals surface area (Å²) in [5, 5.41) is 0. The fraction of sp³-hybridized carbons (Fsp3) is 0.526. The van der Waals surface area contributed by atoms with Crippen molar-refractivity contribution >= 4 is 23.3 Å². The molecule has 25 heavy (non-hydrogen) atoms. The lowest BCUT2D eigenvalue weighted by molar-refractivity contribution is -0.153. The number of ketones is 1. The Morgan fingerprint density at radius 2 is 1.92 bits per heavy atom. The van der Waals surface area contributed by atoms with Crippen molar-refractivity contribution in [3.05, 3.63) is 30.3 Å². The summed E-state index contributed by atoms with van der Waals surface area (Å²) in [7, 11) is 0. The van der Waals surface area contributed by atoms with Gasteiger partial charge in [-0.05, 0) is 31.9 Å². The first-order valence-electron chi connectivity index (χ1n) is 8.76. The number of nitrogens with zero attached hydrogens (tertiary/aromatic N) is 2. The van der Waals surface area contributed by atoms with E-state index in [1.54, 1.807) is 9.80 Å². The zero-order chi connectivity index (χ0) is 17.9. The van der Waals surface area contributed by atoms with Crippen LogP contribution in [0.15, 0.2) is 30.3 Å². The van der Waals surface area contributed by atoms with Crippen LogP contribution >= 0.6 is 0 Å². The molecule has 1 spiro atoms. The number of Topliss-reactive ketones (excluding diaryl/α,β-unsaturated/α-hetero) is 1. The molecule has 2 saturated heterocycles. The van der Waals surface area contributed by atoms with E-state index in [0.29, 0.717) is 19.6 Å². The highest BCUT2D eigenvalue weighted by Crippen LogP contribution is 2.32. The number of likely N-dealkylation sites (tertiary alicyclic amines) is 1. The number of carbonyl (C=O) groups excluding carboxylic acids is 3. The van der Waals surface area contributed by atoms with Crippen LogP contribution in [0.25, 0.3) is 0 Å². The first kappa shape index (κ1) is 17.6. The van der Waals surface area contributed by atoms with Crippen molar-refractivity contribution in [2.45, 2.75) is 38.2 Å². The van der Waals surface area contributed by atoms with E-state index in [9.17, 15) is 14.4 Å². The predicted molar refractivity (Wildman–Crippen MR) is 93.2 cm³/mol. The molecule has 3 rings (SSSR count). The monoisotopic (exact) mass is 344 g/mol. The third-order valence-corrected chi connectivity index (χ3v) is 4.90. The number of para-hydroxylation sites is 1. The van der Waals surface area contributed by atoms with Gasteiger partial charge in [0.2, 0.25) is 5.91 Å². The summed E-state index contributed by atoms with van der Waals surface area (Å²) in [4.78, 5) is 39.3. The summed E-state index contributed by atoms with van der Waals surface area (Å²) < 4.78 is 5.92. The predicted octanol–water partition coefficient (Wildman–Crippen LogP) is 1.78. The van der Waals surface area contributed by atoms with E-state index in [-0.39, 0.29) is 37.0 Å². The summed E-state index contributed by atoms with van der Waals surface area (Å²) >= 11 is 0. The molecule has 2 amide bonds. The zero-order valence-electron chi connectivity index (χ0n) is 14.6. The van der Waals surface area contributed by atoms with Gasteiger partial charge in [-0.3, -0.25) is 9.59 Å². The number of anilines is 1. The summed E-state index contributed by atoms with van der Waals surface area (Å²) in [5.74, 6) is -0.0484. The quantitative estimate of drug-likeness (QED) is 0.835. The van der Waals surface area contributed by atoms with Gasteiger partial charge in [0.25, 0.3) is 5.91 Å². The van der Waals surface area contributed by atoms with Crippen molar-refractivity contribution in [1.29, 1.82) is 0 Å². The number of rotatable bonds is 4. The SMILES string of the molecule is CC(=O)CCC(=O)N1CCCC2(C1)CN(c1ccccc1)C(=O)CO2. The van der Waals surface area contributed by atoms with Crippen LogP contribution in [-0.2, 0) is 19.1 Å². The minimum Gasteiger partial charge on any atom is -0.361 e. The molecular formula is C19H24N2O4. The molecule has 6 nitrogen and oxygen atoms in total. The largest absolute Gasteiger partial charge is 0.361 e. The van der Waals surface area contributed by atoms with E-state index >= 15 is 0 Å². The summed E-state index contributed by atoms with van der Waals surface area (Å²) in [5.41, 5.74) is 0.337. The second-order valence-corrected chi connectivity index (χ2v) is 6.91. The van der Waals surface area contributed by atoms with Crippen molar-refractivity contribution in [3.63, 3.8) is 0 Å². The van der Waals surface area contributed by atoms with Gasteiger partial charge in [0, 0.05) is 25.1 Å². The van der Waals surface area contributed by atoms with Crippen LogP contribution in [0.2, 0.25) is 0 Å². The Balaban J connectivity index is 1.71. The Bertz CT molecular complexity index is 661. The Kier molecular flexibility index (Phi) is 5.18. The topological polar surface area (TPSA) is 66.9 Å². The molecule has 1 atom stereocenters. The third-order valence-electron chi connectivity index (χ3n) is 4.90. The van der Waals surface area contributed by atoms with Gasteiger partial charge in [0.15, 0.2) is 0 Å². The highest BCUT2D eigenvalue weighted by molar-refractivity contribution is 5.95.